The number of carbonyl (C=O) groups is 1. The van der Waals surface area contributed by atoms with E-state index in [4.69, 9.17) is 0 Å². The SMILES string of the molecule is C=C(NNC(=O)c1cc(-c2ccc(CC)cc2)n[nH]1)c1ccncc1. The maximum atomic E-state index is 12.2. The molecule has 3 aromatic rings. The summed E-state index contributed by atoms with van der Waals surface area (Å²) < 4.78 is 0. The highest BCUT2D eigenvalue weighted by Crippen LogP contribution is 2.18. The van der Waals surface area contributed by atoms with Crippen LogP contribution in [0.5, 0.6) is 0 Å². The number of aryl methyl sites for hydroxylation is 1. The van der Waals surface area contributed by atoms with E-state index in [0.717, 1.165) is 23.2 Å². The number of rotatable bonds is 6. The van der Waals surface area contributed by atoms with Crippen molar-refractivity contribution in [2.24, 2.45) is 0 Å². The minimum atomic E-state index is -0.320. The van der Waals surface area contributed by atoms with E-state index in [-0.39, 0.29) is 5.91 Å². The molecule has 2 heterocycles. The van der Waals surface area contributed by atoms with E-state index in [1.165, 1.54) is 5.56 Å². The summed E-state index contributed by atoms with van der Waals surface area (Å²) in [7, 11) is 0. The Bertz CT molecular complexity index is 868. The van der Waals surface area contributed by atoms with Crippen molar-refractivity contribution >= 4 is 11.6 Å². The van der Waals surface area contributed by atoms with Crippen LogP contribution in [0.25, 0.3) is 17.0 Å². The van der Waals surface area contributed by atoms with Crippen molar-refractivity contribution in [3.05, 3.63) is 78.3 Å². The van der Waals surface area contributed by atoms with Gasteiger partial charge in [0.15, 0.2) is 0 Å². The first kappa shape index (κ1) is 16.4. The number of nitrogens with zero attached hydrogens (tertiary/aromatic N) is 2. The Labute approximate surface area is 146 Å². The molecule has 0 aliphatic heterocycles. The van der Waals surface area contributed by atoms with Crippen LogP contribution in [-0.4, -0.2) is 21.1 Å². The second kappa shape index (κ2) is 7.44. The molecule has 126 valence electrons. The van der Waals surface area contributed by atoms with Gasteiger partial charge < -0.3 is 0 Å². The Hall–Kier alpha value is -3.41. The first-order valence-electron chi connectivity index (χ1n) is 7.97. The molecular formula is C19H19N5O. The van der Waals surface area contributed by atoms with Crippen molar-refractivity contribution < 1.29 is 4.79 Å². The molecule has 0 saturated heterocycles. The van der Waals surface area contributed by atoms with Gasteiger partial charge >= 0.3 is 0 Å². The van der Waals surface area contributed by atoms with Crippen molar-refractivity contribution in [1.29, 1.82) is 0 Å². The fourth-order valence-corrected chi connectivity index (χ4v) is 2.32. The van der Waals surface area contributed by atoms with Gasteiger partial charge in [-0.25, -0.2) is 0 Å². The molecule has 0 aliphatic carbocycles. The van der Waals surface area contributed by atoms with Gasteiger partial charge in [-0.05, 0) is 30.2 Å². The molecule has 1 aromatic carbocycles. The molecule has 0 atom stereocenters. The van der Waals surface area contributed by atoms with Crippen molar-refractivity contribution in [3.63, 3.8) is 0 Å². The van der Waals surface area contributed by atoms with E-state index in [9.17, 15) is 4.79 Å². The summed E-state index contributed by atoms with van der Waals surface area (Å²) in [4.78, 5) is 16.2. The Kier molecular flexibility index (Phi) is 4.89. The molecular weight excluding hydrogens is 314 g/mol. The third-order valence-corrected chi connectivity index (χ3v) is 3.84. The minimum Gasteiger partial charge on any atom is -0.298 e. The number of carbonyl (C=O) groups excluding carboxylic acids is 1. The normalized spacial score (nSPS) is 10.3. The third-order valence-electron chi connectivity index (χ3n) is 3.84. The quantitative estimate of drug-likeness (QED) is 0.606. The smallest absolute Gasteiger partial charge is 0.287 e. The standard InChI is InChI=1S/C19H19N5O/c1-3-14-4-6-16(7-5-14)17-12-18(23-22-17)19(25)24-21-13(2)15-8-10-20-11-9-15/h4-12,21H,2-3H2,1H3,(H,22,23)(H,24,25). The highest BCUT2D eigenvalue weighted by molar-refractivity contribution is 5.93. The van der Waals surface area contributed by atoms with Crippen LogP contribution < -0.4 is 10.9 Å². The number of nitrogens with one attached hydrogen (secondary N) is 3. The van der Waals surface area contributed by atoms with Gasteiger partial charge in [0.25, 0.3) is 5.91 Å². The van der Waals surface area contributed by atoms with Crippen molar-refractivity contribution in [2.75, 3.05) is 0 Å². The maximum Gasteiger partial charge on any atom is 0.287 e. The predicted molar refractivity (Wildman–Crippen MR) is 97.3 cm³/mol. The number of hydrogen-bond acceptors (Lipinski definition) is 4. The van der Waals surface area contributed by atoms with Crippen LogP contribution in [0.1, 0.15) is 28.5 Å². The molecule has 3 rings (SSSR count). The summed E-state index contributed by atoms with van der Waals surface area (Å²) in [5.74, 6) is -0.320. The molecule has 0 bridgehead atoms. The molecule has 0 unspecified atom stereocenters. The third kappa shape index (κ3) is 3.92. The van der Waals surface area contributed by atoms with E-state index in [1.54, 1.807) is 30.6 Å². The number of H-pyrrole nitrogens is 1. The van der Waals surface area contributed by atoms with Gasteiger partial charge in [0.1, 0.15) is 5.69 Å². The lowest BCUT2D eigenvalue weighted by molar-refractivity contribution is 0.0937. The summed E-state index contributed by atoms with van der Waals surface area (Å²) in [6.45, 7) is 5.99. The average Bonchev–Trinajstić information content (AvgIpc) is 3.17. The van der Waals surface area contributed by atoms with E-state index in [2.05, 4.69) is 51.7 Å². The van der Waals surface area contributed by atoms with Gasteiger partial charge in [0, 0.05) is 23.5 Å². The molecule has 3 N–H and O–H groups in total. The summed E-state index contributed by atoms with van der Waals surface area (Å²) in [6.07, 6.45) is 4.31. The number of hydrazine groups is 1. The molecule has 6 nitrogen and oxygen atoms in total. The molecule has 6 heteroatoms. The van der Waals surface area contributed by atoms with Gasteiger partial charge in [0.05, 0.1) is 11.4 Å². The van der Waals surface area contributed by atoms with Crippen LogP contribution in [0.15, 0.2) is 61.4 Å². The van der Waals surface area contributed by atoms with Gasteiger partial charge in [-0.1, -0.05) is 37.8 Å². The maximum absolute atomic E-state index is 12.2. The molecule has 0 fully saturated rings. The van der Waals surface area contributed by atoms with Crippen molar-refractivity contribution in [2.45, 2.75) is 13.3 Å². The summed E-state index contributed by atoms with van der Waals surface area (Å²) in [6, 6.07) is 13.4. The van der Waals surface area contributed by atoms with Crippen LogP contribution >= 0.6 is 0 Å². The number of aromatic amines is 1. The molecule has 0 radical (unpaired) electrons. The molecule has 25 heavy (non-hydrogen) atoms. The summed E-state index contributed by atoms with van der Waals surface area (Å²) in [5.41, 5.74) is 10.1. The molecule has 2 aromatic heterocycles. The zero-order valence-electron chi connectivity index (χ0n) is 13.9. The average molecular weight is 333 g/mol. The first-order chi connectivity index (χ1) is 12.2. The molecule has 0 saturated carbocycles. The lowest BCUT2D eigenvalue weighted by Crippen LogP contribution is -2.36. The van der Waals surface area contributed by atoms with Gasteiger partial charge in [-0.3, -0.25) is 25.7 Å². The van der Waals surface area contributed by atoms with E-state index >= 15 is 0 Å². The number of pyridine rings is 1. The highest BCUT2D eigenvalue weighted by atomic mass is 16.2. The van der Waals surface area contributed by atoms with E-state index in [0.29, 0.717) is 11.4 Å². The number of benzene rings is 1. The van der Waals surface area contributed by atoms with E-state index < -0.39 is 0 Å². The van der Waals surface area contributed by atoms with Gasteiger partial charge in [-0.15, -0.1) is 0 Å². The number of amides is 1. The zero-order valence-corrected chi connectivity index (χ0v) is 13.9. The van der Waals surface area contributed by atoms with Crippen LogP contribution in [0.2, 0.25) is 0 Å². The van der Waals surface area contributed by atoms with Crippen molar-refractivity contribution in [1.82, 2.24) is 26.0 Å². The Morgan fingerprint density at radius 3 is 2.52 bits per heavy atom. The largest absolute Gasteiger partial charge is 0.298 e. The second-order valence-electron chi connectivity index (χ2n) is 5.51. The Balaban J connectivity index is 1.63. The fourth-order valence-electron chi connectivity index (χ4n) is 2.32. The lowest BCUT2D eigenvalue weighted by atomic mass is 10.1. The Morgan fingerprint density at radius 1 is 1.12 bits per heavy atom. The molecule has 1 amide bonds. The second-order valence-corrected chi connectivity index (χ2v) is 5.51. The number of hydrogen-bond donors (Lipinski definition) is 3. The highest BCUT2D eigenvalue weighted by Gasteiger charge is 2.11. The van der Waals surface area contributed by atoms with Crippen LogP contribution in [-0.2, 0) is 6.42 Å². The summed E-state index contributed by atoms with van der Waals surface area (Å²) >= 11 is 0. The minimum absolute atomic E-state index is 0.320. The summed E-state index contributed by atoms with van der Waals surface area (Å²) in [5, 5.41) is 6.96. The Morgan fingerprint density at radius 2 is 1.84 bits per heavy atom. The monoisotopic (exact) mass is 333 g/mol. The van der Waals surface area contributed by atoms with Gasteiger partial charge in [0.2, 0.25) is 0 Å². The number of aromatic nitrogens is 3. The lowest BCUT2D eigenvalue weighted by Gasteiger charge is -2.09. The van der Waals surface area contributed by atoms with Crippen LogP contribution in [0, 0.1) is 0 Å². The topological polar surface area (TPSA) is 82.7 Å². The zero-order chi connectivity index (χ0) is 17.6. The van der Waals surface area contributed by atoms with Crippen molar-refractivity contribution in [3.8, 4) is 11.3 Å². The first-order valence-corrected chi connectivity index (χ1v) is 7.97. The van der Waals surface area contributed by atoms with Crippen LogP contribution in [0.3, 0.4) is 0 Å². The molecule has 0 spiro atoms. The molecule has 0 aliphatic rings. The predicted octanol–water partition coefficient (Wildman–Crippen LogP) is 2.94. The van der Waals surface area contributed by atoms with Gasteiger partial charge in [-0.2, -0.15) is 5.10 Å². The van der Waals surface area contributed by atoms with E-state index in [1.807, 2.05) is 12.1 Å². The van der Waals surface area contributed by atoms with Crippen LogP contribution in [0.4, 0.5) is 0 Å². The fraction of sp³-hybridized carbons (Fsp3) is 0.105.